The number of aromatic nitrogens is 2. The first-order chi connectivity index (χ1) is 11.1. The zero-order valence-electron chi connectivity index (χ0n) is 12.1. The van der Waals surface area contributed by atoms with Crippen LogP contribution in [0.25, 0.3) is 10.8 Å². The number of rotatable bonds is 4. The number of halogens is 3. The molecule has 0 spiro atoms. The monoisotopic (exact) mass is 411 g/mol. The second-order valence-corrected chi connectivity index (χ2v) is 6.53. The van der Waals surface area contributed by atoms with Crippen LogP contribution in [0.1, 0.15) is 5.56 Å². The molecule has 0 saturated carbocycles. The minimum atomic E-state index is 0.380. The Morgan fingerprint density at radius 3 is 2.65 bits per heavy atom. The van der Waals surface area contributed by atoms with Crippen molar-refractivity contribution < 1.29 is 4.74 Å². The van der Waals surface area contributed by atoms with Crippen molar-refractivity contribution in [2.75, 3.05) is 12.4 Å². The second-order valence-electron chi connectivity index (χ2n) is 4.85. The van der Waals surface area contributed by atoms with E-state index < -0.39 is 0 Å². The molecule has 0 amide bonds. The first kappa shape index (κ1) is 16.3. The van der Waals surface area contributed by atoms with E-state index in [9.17, 15) is 0 Å². The SMILES string of the molecule is COc1ccc(CNc2nnc(Cl)c3ccc(Br)cc23)cc1Cl. The molecule has 0 aliphatic heterocycles. The molecule has 0 saturated heterocycles. The number of hydrogen-bond donors (Lipinski definition) is 1. The molecule has 1 N–H and O–H groups in total. The summed E-state index contributed by atoms with van der Waals surface area (Å²) < 4.78 is 6.10. The summed E-state index contributed by atoms with van der Waals surface area (Å²) in [7, 11) is 1.59. The van der Waals surface area contributed by atoms with E-state index in [4.69, 9.17) is 27.9 Å². The van der Waals surface area contributed by atoms with Gasteiger partial charge in [0.15, 0.2) is 11.0 Å². The fourth-order valence-electron chi connectivity index (χ4n) is 2.23. The average molecular weight is 413 g/mol. The van der Waals surface area contributed by atoms with Crippen LogP contribution >= 0.6 is 39.1 Å². The van der Waals surface area contributed by atoms with Crippen LogP contribution in [0.4, 0.5) is 5.82 Å². The molecule has 1 heterocycles. The van der Waals surface area contributed by atoms with Crippen LogP contribution in [0, 0.1) is 0 Å². The van der Waals surface area contributed by atoms with Gasteiger partial charge in [-0.1, -0.05) is 45.2 Å². The smallest absolute Gasteiger partial charge is 0.159 e. The van der Waals surface area contributed by atoms with E-state index >= 15 is 0 Å². The summed E-state index contributed by atoms with van der Waals surface area (Å²) in [5.74, 6) is 1.31. The van der Waals surface area contributed by atoms with E-state index in [1.54, 1.807) is 7.11 Å². The fraction of sp³-hybridized carbons (Fsp3) is 0.125. The topological polar surface area (TPSA) is 47.0 Å². The Labute approximate surface area is 151 Å². The van der Waals surface area contributed by atoms with Crippen LogP contribution < -0.4 is 10.1 Å². The molecule has 4 nitrogen and oxygen atoms in total. The van der Waals surface area contributed by atoms with Crippen molar-refractivity contribution >= 4 is 55.7 Å². The highest BCUT2D eigenvalue weighted by atomic mass is 79.9. The van der Waals surface area contributed by atoms with Crippen molar-refractivity contribution in [3.05, 3.63) is 56.6 Å². The summed E-state index contributed by atoms with van der Waals surface area (Å²) in [6.45, 7) is 0.557. The Morgan fingerprint density at radius 2 is 1.91 bits per heavy atom. The van der Waals surface area contributed by atoms with E-state index in [0.717, 1.165) is 20.8 Å². The normalized spacial score (nSPS) is 10.8. The van der Waals surface area contributed by atoms with Gasteiger partial charge in [0.25, 0.3) is 0 Å². The van der Waals surface area contributed by atoms with Crippen molar-refractivity contribution in [1.82, 2.24) is 10.2 Å². The number of nitrogens with zero attached hydrogens (tertiary/aromatic N) is 2. The van der Waals surface area contributed by atoms with Gasteiger partial charge >= 0.3 is 0 Å². The largest absolute Gasteiger partial charge is 0.495 e. The van der Waals surface area contributed by atoms with Gasteiger partial charge in [-0.15, -0.1) is 10.2 Å². The van der Waals surface area contributed by atoms with Gasteiger partial charge in [0, 0.05) is 21.8 Å². The third-order valence-electron chi connectivity index (χ3n) is 3.37. The zero-order chi connectivity index (χ0) is 16.4. The van der Waals surface area contributed by atoms with Crippen LogP contribution in [0.5, 0.6) is 5.75 Å². The number of benzene rings is 2. The predicted molar refractivity (Wildman–Crippen MR) is 97.6 cm³/mol. The van der Waals surface area contributed by atoms with Gasteiger partial charge in [0.1, 0.15) is 5.75 Å². The molecule has 0 unspecified atom stereocenters. The summed E-state index contributed by atoms with van der Waals surface area (Å²) in [6, 6.07) is 11.4. The molecule has 0 atom stereocenters. The molecule has 23 heavy (non-hydrogen) atoms. The lowest BCUT2D eigenvalue weighted by Crippen LogP contribution is -2.03. The van der Waals surface area contributed by atoms with Crippen molar-refractivity contribution in [1.29, 1.82) is 0 Å². The van der Waals surface area contributed by atoms with Crippen molar-refractivity contribution in [2.24, 2.45) is 0 Å². The van der Waals surface area contributed by atoms with Gasteiger partial charge in [0.05, 0.1) is 12.1 Å². The molecule has 1 aromatic heterocycles. The molecule has 0 fully saturated rings. The Balaban J connectivity index is 1.89. The Morgan fingerprint density at radius 1 is 1.09 bits per heavy atom. The maximum absolute atomic E-state index is 6.14. The van der Waals surface area contributed by atoms with Crippen LogP contribution in [-0.4, -0.2) is 17.3 Å². The van der Waals surface area contributed by atoms with E-state index in [-0.39, 0.29) is 0 Å². The van der Waals surface area contributed by atoms with Gasteiger partial charge < -0.3 is 10.1 Å². The first-order valence-electron chi connectivity index (χ1n) is 6.76. The molecule has 118 valence electrons. The fourth-order valence-corrected chi connectivity index (χ4v) is 3.07. The highest BCUT2D eigenvalue weighted by Crippen LogP contribution is 2.30. The number of ether oxygens (including phenoxy) is 1. The molecule has 3 aromatic rings. The summed E-state index contributed by atoms with van der Waals surface area (Å²) in [5, 5.41) is 14.1. The van der Waals surface area contributed by atoms with E-state index in [2.05, 4.69) is 31.4 Å². The third kappa shape index (κ3) is 3.52. The van der Waals surface area contributed by atoms with Crippen LogP contribution in [0.3, 0.4) is 0 Å². The zero-order valence-corrected chi connectivity index (χ0v) is 15.2. The summed E-state index contributed by atoms with van der Waals surface area (Å²) in [4.78, 5) is 0. The average Bonchev–Trinajstić information content (AvgIpc) is 2.54. The van der Waals surface area contributed by atoms with Crippen molar-refractivity contribution in [2.45, 2.75) is 6.54 Å². The Hall–Kier alpha value is -1.56. The molecule has 0 radical (unpaired) electrons. The maximum atomic E-state index is 6.14. The molecule has 3 rings (SSSR count). The summed E-state index contributed by atoms with van der Waals surface area (Å²) in [6.07, 6.45) is 0. The number of anilines is 1. The Kier molecular flexibility index (Phi) is 4.90. The summed E-state index contributed by atoms with van der Waals surface area (Å²) in [5.41, 5.74) is 1.01. The second kappa shape index (κ2) is 6.91. The lowest BCUT2D eigenvalue weighted by atomic mass is 10.2. The minimum absolute atomic E-state index is 0.380. The lowest BCUT2D eigenvalue weighted by molar-refractivity contribution is 0.415. The highest BCUT2D eigenvalue weighted by molar-refractivity contribution is 9.10. The molecular formula is C16H12BrCl2N3O. The molecule has 2 aromatic carbocycles. The van der Waals surface area contributed by atoms with E-state index in [1.807, 2.05) is 36.4 Å². The van der Waals surface area contributed by atoms with Gasteiger partial charge in [-0.2, -0.15) is 0 Å². The molecule has 7 heteroatoms. The number of methoxy groups -OCH3 is 1. The van der Waals surface area contributed by atoms with E-state index in [0.29, 0.717) is 28.3 Å². The minimum Gasteiger partial charge on any atom is -0.495 e. The highest BCUT2D eigenvalue weighted by Gasteiger charge is 2.09. The number of nitrogens with one attached hydrogen (secondary N) is 1. The third-order valence-corrected chi connectivity index (χ3v) is 4.44. The number of fused-ring (bicyclic) bond motifs is 1. The van der Waals surface area contributed by atoms with Crippen molar-refractivity contribution in [3.63, 3.8) is 0 Å². The lowest BCUT2D eigenvalue weighted by Gasteiger charge is -2.10. The van der Waals surface area contributed by atoms with E-state index in [1.165, 1.54) is 0 Å². The molecular weight excluding hydrogens is 401 g/mol. The molecule has 0 bridgehead atoms. The molecule has 0 aliphatic rings. The maximum Gasteiger partial charge on any atom is 0.159 e. The number of hydrogen-bond acceptors (Lipinski definition) is 4. The predicted octanol–water partition coefficient (Wildman–Crippen LogP) is 5.32. The van der Waals surface area contributed by atoms with Gasteiger partial charge in [-0.25, -0.2) is 0 Å². The summed E-state index contributed by atoms with van der Waals surface area (Å²) >= 11 is 15.7. The van der Waals surface area contributed by atoms with Gasteiger partial charge in [-0.05, 0) is 35.9 Å². The van der Waals surface area contributed by atoms with Crippen LogP contribution in [0.2, 0.25) is 10.2 Å². The van der Waals surface area contributed by atoms with Gasteiger partial charge in [-0.3, -0.25) is 0 Å². The Bertz CT molecular complexity index is 873. The quantitative estimate of drug-likeness (QED) is 0.629. The standard InChI is InChI=1S/C16H12BrCl2N3O/c1-23-14-5-2-9(6-13(14)18)8-20-16-12-7-10(17)3-4-11(12)15(19)21-22-16/h2-7H,8H2,1H3,(H,20,22). The van der Waals surface area contributed by atoms with Gasteiger partial charge in [0.2, 0.25) is 0 Å². The van der Waals surface area contributed by atoms with Crippen LogP contribution in [0.15, 0.2) is 40.9 Å². The van der Waals surface area contributed by atoms with Crippen molar-refractivity contribution in [3.8, 4) is 5.75 Å². The van der Waals surface area contributed by atoms with Crippen LogP contribution in [-0.2, 0) is 6.54 Å². The molecule has 0 aliphatic carbocycles. The first-order valence-corrected chi connectivity index (χ1v) is 8.31.